The highest BCUT2D eigenvalue weighted by molar-refractivity contribution is 7.71. The first-order valence-electron chi connectivity index (χ1n) is 5.55. The lowest BCUT2D eigenvalue weighted by Gasteiger charge is -2.07. The van der Waals surface area contributed by atoms with Crippen LogP contribution in [0, 0.1) is 17.5 Å². The third-order valence-electron chi connectivity index (χ3n) is 2.63. The molecule has 17 heavy (non-hydrogen) atoms. The summed E-state index contributed by atoms with van der Waals surface area (Å²) < 4.78 is 15.6. The Kier molecular flexibility index (Phi) is 3.38. The third kappa shape index (κ3) is 2.29. The van der Waals surface area contributed by atoms with Crippen LogP contribution in [0.4, 0.5) is 4.39 Å². The van der Waals surface area contributed by atoms with Crippen molar-refractivity contribution in [1.29, 1.82) is 0 Å². The SMILES string of the molecule is CCCn1c(-c2ccc(F)cc2C)n[nH]c1=S. The predicted octanol–water partition coefficient (Wildman–Crippen LogP) is 3.47. The molecule has 2 aromatic rings. The van der Waals surface area contributed by atoms with Gasteiger partial charge < -0.3 is 4.57 Å². The van der Waals surface area contributed by atoms with Gasteiger partial charge in [0.15, 0.2) is 10.6 Å². The fourth-order valence-corrected chi connectivity index (χ4v) is 2.06. The number of nitrogens with one attached hydrogen (secondary N) is 1. The third-order valence-corrected chi connectivity index (χ3v) is 2.95. The topological polar surface area (TPSA) is 33.6 Å². The van der Waals surface area contributed by atoms with Crippen molar-refractivity contribution >= 4 is 12.2 Å². The molecular weight excluding hydrogens is 237 g/mol. The maximum atomic E-state index is 13.1. The minimum atomic E-state index is -0.234. The Bertz CT molecular complexity index is 586. The fourth-order valence-electron chi connectivity index (χ4n) is 1.83. The number of aryl methyl sites for hydroxylation is 1. The molecule has 0 radical (unpaired) electrons. The van der Waals surface area contributed by atoms with E-state index >= 15 is 0 Å². The van der Waals surface area contributed by atoms with Gasteiger partial charge in [0, 0.05) is 12.1 Å². The van der Waals surface area contributed by atoms with Crippen LogP contribution >= 0.6 is 12.2 Å². The van der Waals surface area contributed by atoms with Crippen LogP contribution < -0.4 is 0 Å². The number of H-pyrrole nitrogens is 1. The number of aromatic amines is 1. The van der Waals surface area contributed by atoms with Crippen LogP contribution in [0.25, 0.3) is 11.4 Å². The van der Waals surface area contributed by atoms with Gasteiger partial charge in [0.2, 0.25) is 0 Å². The molecule has 90 valence electrons. The van der Waals surface area contributed by atoms with Gasteiger partial charge in [-0.1, -0.05) is 6.92 Å². The van der Waals surface area contributed by atoms with E-state index < -0.39 is 0 Å². The van der Waals surface area contributed by atoms with E-state index in [1.807, 2.05) is 11.5 Å². The van der Waals surface area contributed by atoms with E-state index in [0.717, 1.165) is 29.9 Å². The maximum absolute atomic E-state index is 13.1. The zero-order valence-electron chi connectivity index (χ0n) is 9.83. The van der Waals surface area contributed by atoms with Crippen LogP contribution in [0.1, 0.15) is 18.9 Å². The summed E-state index contributed by atoms with van der Waals surface area (Å²) in [7, 11) is 0. The highest BCUT2D eigenvalue weighted by atomic mass is 32.1. The molecule has 1 N–H and O–H groups in total. The lowest BCUT2D eigenvalue weighted by molar-refractivity contribution is 0.626. The summed E-state index contributed by atoms with van der Waals surface area (Å²) in [4.78, 5) is 0. The van der Waals surface area contributed by atoms with Gasteiger partial charge in [-0.25, -0.2) is 4.39 Å². The van der Waals surface area contributed by atoms with Crippen molar-refractivity contribution in [1.82, 2.24) is 14.8 Å². The molecule has 0 aliphatic rings. The van der Waals surface area contributed by atoms with Gasteiger partial charge in [-0.05, 0) is 49.3 Å². The number of halogens is 1. The normalized spacial score (nSPS) is 10.8. The molecule has 0 aliphatic heterocycles. The summed E-state index contributed by atoms with van der Waals surface area (Å²) in [6.45, 7) is 4.75. The minimum Gasteiger partial charge on any atom is -0.300 e. The van der Waals surface area contributed by atoms with Gasteiger partial charge in [0.05, 0.1) is 0 Å². The van der Waals surface area contributed by atoms with E-state index in [1.54, 1.807) is 6.07 Å². The van der Waals surface area contributed by atoms with E-state index in [0.29, 0.717) is 4.77 Å². The zero-order valence-corrected chi connectivity index (χ0v) is 10.6. The second-order valence-electron chi connectivity index (χ2n) is 3.96. The number of hydrogen-bond donors (Lipinski definition) is 1. The van der Waals surface area contributed by atoms with Gasteiger partial charge >= 0.3 is 0 Å². The van der Waals surface area contributed by atoms with E-state index in [2.05, 4.69) is 17.1 Å². The largest absolute Gasteiger partial charge is 0.300 e. The van der Waals surface area contributed by atoms with Crippen molar-refractivity contribution in [3.05, 3.63) is 34.4 Å². The van der Waals surface area contributed by atoms with Gasteiger partial charge in [0.25, 0.3) is 0 Å². The Morgan fingerprint density at radius 1 is 1.47 bits per heavy atom. The molecule has 1 aromatic heterocycles. The van der Waals surface area contributed by atoms with Gasteiger partial charge in [-0.3, -0.25) is 5.10 Å². The summed E-state index contributed by atoms with van der Waals surface area (Å²) in [5, 5.41) is 7.00. The van der Waals surface area contributed by atoms with Gasteiger partial charge in [-0.15, -0.1) is 0 Å². The van der Waals surface area contributed by atoms with Crippen LogP contribution in [0.5, 0.6) is 0 Å². The molecule has 0 bridgehead atoms. The summed E-state index contributed by atoms with van der Waals surface area (Å²) in [6.07, 6.45) is 0.973. The molecular formula is C12H14FN3S. The molecule has 1 heterocycles. The molecule has 0 amide bonds. The number of nitrogens with zero attached hydrogens (tertiary/aromatic N) is 2. The molecule has 0 fully saturated rings. The van der Waals surface area contributed by atoms with Crippen LogP contribution in [0.2, 0.25) is 0 Å². The number of hydrogen-bond acceptors (Lipinski definition) is 2. The smallest absolute Gasteiger partial charge is 0.195 e. The Balaban J connectivity index is 2.56. The summed E-state index contributed by atoms with van der Waals surface area (Å²) in [5.41, 5.74) is 1.77. The average molecular weight is 251 g/mol. The minimum absolute atomic E-state index is 0.234. The molecule has 0 atom stereocenters. The number of benzene rings is 1. The molecule has 5 heteroatoms. The second kappa shape index (κ2) is 4.79. The number of aromatic nitrogens is 3. The maximum Gasteiger partial charge on any atom is 0.195 e. The zero-order chi connectivity index (χ0) is 12.4. The molecule has 1 aromatic carbocycles. The highest BCUT2D eigenvalue weighted by Gasteiger charge is 2.10. The monoisotopic (exact) mass is 251 g/mol. The Morgan fingerprint density at radius 3 is 2.88 bits per heavy atom. The summed E-state index contributed by atoms with van der Waals surface area (Å²) in [5.74, 6) is 0.539. The summed E-state index contributed by atoms with van der Waals surface area (Å²) in [6, 6.07) is 4.68. The Morgan fingerprint density at radius 2 is 2.24 bits per heavy atom. The first kappa shape index (κ1) is 12.0. The lowest BCUT2D eigenvalue weighted by atomic mass is 10.1. The van der Waals surface area contributed by atoms with Crippen LogP contribution in [-0.2, 0) is 6.54 Å². The van der Waals surface area contributed by atoms with Crippen LogP contribution in [0.15, 0.2) is 18.2 Å². The average Bonchev–Trinajstić information content (AvgIpc) is 2.62. The van der Waals surface area contributed by atoms with Gasteiger partial charge in [0.1, 0.15) is 5.82 Å². The van der Waals surface area contributed by atoms with Crippen molar-refractivity contribution < 1.29 is 4.39 Å². The highest BCUT2D eigenvalue weighted by Crippen LogP contribution is 2.22. The first-order valence-corrected chi connectivity index (χ1v) is 5.96. The van der Waals surface area contributed by atoms with E-state index in [1.165, 1.54) is 12.1 Å². The quantitative estimate of drug-likeness (QED) is 0.847. The molecule has 0 aliphatic carbocycles. The van der Waals surface area contributed by atoms with E-state index in [9.17, 15) is 4.39 Å². The van der Waals surface area contributed by atoms with E-state index in [4.69, 9.17) is 12.2 Å². The van der Waals surface area contributed by atoms with Crippen LogP contribution in [0.3, 0.4) is 0 Å². The van der Waals surface area contributed by atoms with Crippen LogP contribution in [-0.4, -0.2) is 14.8 Å². The summed E-state index contributed by atoms with van der Waals surface area (Å²) >= 11 is 5.18. The number of rotatable bonds is 3. The molecule has 0 saturated carbocycles. The Labute approximate surface area is 104 Å². The molecule has 0 spiro atoms. The van der Waals surface area contributed by atoms with Crippen molar-refractivity contribution in [2.45, 2.75) is 26.8 Å². The van der Waals surface area contributed by atoms with E-state index in [-0.39, 0.29) is 5.82 Å². The van der Waals surface area contributed by atoms with Gasteiger partial charge in [-0.2, -0.15) is 5.10 Å². The molecule has 0 unspecified atom stereocenters. The Hall–Kier alpha value is -1.49. The first-order chi connectivity index (χ1) is 8.13. The van der Waals surface area contributed by atoms with Crippen molar-refractivity contribution in [2.75, 3.05) is 0 Å². The predicted molar refractivity (Wildman–Crippen MR) is 67.8 cm³/mol. The second-order valence-corrected chi connectivity index (χ2v) is 4.35. The molecule has 2 rings (SSSR count). The lowest BCUT2D eigenvalue weighted by Crippen LogP contribution is -2.01. The fraction of sp³-hybridized carbons (Fsp3) is 0.333. The molecule has 3 nitrogen and oxygen atoms in total. The molecule has 0 saturated heterocycles. The van der Waals surface area contributed by atoms with Crippen molar-refractivity contribution in [2.24, 2.45) is 0 Å². The van der Waals surface area contributed by atoms with Crippen molar-refractivity contribution in [3.63, 3.8) is 0 Å². The van der Waals surface area contributed by atoms with Crippen molar-refractivity contribution in [3.8, 4) is 11.4 Å². The standard InChI is InChI=1S/C12H14FN3S/c1-3-6-16-11(14-15-12(16)17)10-5-4-9(13)7-8(10)2/h4-5,7H,3,6H2,1-2H3,(H,15,17).